The van der Waals surface area contributed by atoms with E-state index >= 15 is 0 Å². The summed E-state index contributed by atoms with van der Waals surface area (Å²) in [4.78, 5) is 0. The van der Waals surface area contributed by atoms with Crippen molar-refractivity contribution in [1.82, 2.24) is 0 Å². The molecule has 0 saturated carbocycles. The molecule has 0 saturated heterocycles. The van der Waals surface area contributed by atoms with Crippen LogP contribution in [-0.2, 0) is 6.42 Å². The zero-order valence-corrected chi connectivity index (χ0v) is 9.01. The first-order valence-electron chi connectivity index (χ1n) is 5.25. The minimum Gasteiger partial charge on any atom is -0.461 e. The Hall–Kier alpha value is -1.31. The van der Waals surface area contributed by atoms with E-state index < -0.39 is 0 Å². The lowest BCUT2D eigenvalue weighted by Gasteiger charge is -2.00. The second kappa shape index (κ2) is 4.05. The van der Waals surface area contributed by atoms with Crippen molar-refractivity contribution in [2.45, 2.75) is 26.7 Å². The molecule has 1 radical (unpaired) electrons. The number of benzene rings is 1. The quantitative estimate of drug-likeness (QED) is 0.739. The Kier molecular flexibility index (Phi) is 2.76. The van der Waals surface area contributed by atoms with E-state index in [-0.39, 0.29) is 5.82 Å². The van der Waals surface area contributed by atoms with Crippen LogP contribution < -0.4 is 0 Å². The maximum absolute atomic E-state index is 12.9. The number of halogens is 1. The number of hydrogen-bond donors (Lipinski definition) is 0. The van der Waals surface area contributed by atoms with E-state index in [2.05, 4.69) is 19.9 Å². The number of aryl methyl sites for hydroxylation is 1. The van der Waals surface area contributed by atoms with Gasteiger partial charge in [-0.3, -0.25) is 0 Å². The molecule has 0 spiro atoms. The lowest BCUT2D eigenvalue weighted by molar-refractivity contribution is 0.498. The van der Waals surface area contributed by atoms with Crippen LogP contribution in [0.25, 0.3) is 11.0 Å². The van der Waals surface area contributed by atoms with Gasteiger partial charge in [-0.1, -0.05) is 13.8 Å². The summed E-state index contributed by atoms with van der Waals surface area (Å²) in [6.07, 6.45) is 1.99. The van der Waals surface area contributed by atoms with Crippen molar-refractivity contribution in [1.29, 1.82) is 0 Å². The highest BCUT2D eigenvalue weighted by Crippen LogP contribution is 2.21. The van der Waals surface area contributed by atoms with E-state index in [1.54, 1.807) is 0 Å². The maximum Gasteiger partial charge on any atom is 0.137 e. The van der Waals surface area contributed by atoms with Gasteiger partial charge >= 0.3 is 0 Å². The Balaban J connectivity index is 2.23. The highest BCUT2D eigenvalue weighted by molar-refractivity contribution is 5.77. The molecule has 79 valence electrons. The smallest absolute Gasteiger partial charge is 0.137 e. The lowest BCUT2D eigenvalue weighted by Crippen LogP contribution is -1.89. The van der Waals surface area contributed by atoms with Gasteiger partial charge in [0.25, 0.3) is 0 Å². The van der Waals surface area contributed by atoms with E-state index in [4.69, 9.17) is 4.42 Å². The summed E-state index contributed by atoms with van der Waals surface area (Å²) in [5.74, 6) is 1.27. The van der Waals surface area contributed by atoms with Gasteiger partial charge < -0.3 is 4.42 Å². The summed E-state index contributed by atoms with van der Waals surface area (Å²) in [5, 5.41) is 0.857. The van der Waals surface area contributed by atoms with Crippen molar-refractivity contribution in [2.75, 3.05) is 0 Å². The highest BCUT2D eigenvalue weighted by Gasteiger charge is 2.05. The molecule has 0 aliphatic heterocycles. The lowest BCUT2D eigenvalue weighted by atomic mass is 10.1. The molecule has 1 aromatic carbocycles. The van der Waals surface area contributed by atoms with Gasteiger partial charge in [-0.05, 0) is 30.5 Å². The van der Waals surface area contributed by atoms with Crippen LogP contribution in [0.4, 0.5) is 4.39 Å². The molecular formula is C13H14FO. The second-order valence-corrected chi connectivity index (χ2v) is 4.24. The molecule has 1 nitrogen and oxygen atoms in total. The van der Waals surface area contributed by atoms with Gasteiger partial charge in [0.05, 0.1) is 0 Å². The molecule has 0 atom stereocenters. The summed E-state index contributed by atoms with van der Waals surface area (Å²) >= 11 is 0. The molecule has 2 aromatic rings. The van der Waals surface area contributed by atoms with Crippen molar-refractivity contribution in [3.63, 3.8) is 0 Å². The Morgan fingerprint density at radius 2 is 2.20 bits per heavy atom. The SMILES string of the molecule is CC(C)CCc1cc2[c]cc(F)cc2o1. The van der Waals surface area contributed by atoms with Crippen molar-refractivity contribution < 1.29 is 8.81 Å². The van der Waals surface area contributed by atoms with Gasteiger partial charge in [0.15, 0.2) is 0 Å². The summed E-state index contributed by atoms with van der Waals surface area (Å²) in [6.45, 7) is 4.35. The Bertz CT molecular complexity index is 457. The van der Waals surface area contributed by atoms with Gasteiger partial charge in [0, 0.05) is 17.9 Å². The average Bonchev–Trinajstić information content (AvgIpc) is 2.56. The molecule has 0 N–H and O–H groups in total. The van der Waals surface area contributed by atoms with Gasteiger partial charge in [-0.2, -0.15) is 0 Å². The minimum absolute atomic E-state index is 0.299. The fourth-order valence-corrected chi connectivity index (χ4v) is 1.55. The zero-order chi connectivity index (χ0) is 10.8. The van der Waals surface area contributed by atoms with E-state index in [0.29, 0.717) is 11.5 Å². The van der Waals surface area contributed by atoms with E-state index in [1.165, 1.54) is 12.1 Å². The fourth-order valence-electron chi connectivity index (χ4n) is 1.55. The molecular weight excluding hydrogens is 191 g/mol. The second-order valence-electron chi connectivity index (χ2n) is 4.24. The van der Waals surface area contributed by atoms with Crippen LogP contribution in [0.1, 0.15) is 26.0 Å². The van der Waals surface area contributed by atoms with E-state index in [1.807, 2.05) is 6.07 Å². The Morgan fingerprint density at radius 3 is 2.93 bits per heavy atom. The first kappa shape index (κ1) is 10.2. The topological polar surface area (TPSA) is 13.1 Å². The molecule has 1 heterocycles. The van der Waals surface area contributed by atoms with Gasteiger partial charge in [0.2, 0.25) is 0 Å². The van der Waals surface area contributed by atoms with Crippen LogP contribution in [0.5, 0.6) is 0 Å². The van der Waals surface area contributed by atoms with Crippen LogP contribution in [0.3, 0.4) is 0 Å². The summed E-state index contributed by atoms with van der Waals surface area (Å²) in [6, 6.07) is 7.54. The molecule has 15 heavy (non-hydrogen) atoms. The predicted molar refractivity (Wildman–Crippen MR) is 58.2 cm³/mol. The van der Waals surface area contributed by atoms with E-state index in [9.17, 15) is 4.39 Å². The van der Waals surface area contributed by atoms with E-state index in [0.717, 1.165) is 24.0 Å². The van der Waals surface area contributed by atoms with Crippen molar-refractivity contribution in [2.24, 2.45) is 5.92 Å². The molecule has 0 unspecified atom stereocenters. The van der Waals surface area contributed by atoms with Crippen LogP contribution in [0.15, 0.2) is 22.6 Å². The largest absolute Gasteiger partial charge is 0.461 e. The maximum atomic E-state index is 12.9. The number of hydrogen-bond acceptors (Lipinski definition) is 1. The average molecular weight is 205 g/mol. The summed E-state index contributed by atoms with van der Waals surface area (Å²) in [7, 11) is 0. The first-order chi connectivity index (χ1) is 7.15. The third-order valence-corrected chi connectivity index (χ3v) is 2.41. The zero-order valence-electron chi connectivity index (χ0n) is 9.01. The minimum atomic E-state index is -0.299. The number of furan rings is 1. The molecule has 0 fully saturated rings. The van der Waals surface area contributed by atoms with Gasteiger partial charge in [0.1, 0.15) is 17.2 Å². The van der Waals surface area contributed by atoms with Crippen LogP contribution in [0, 0.1) is 17.8 Å². The molecule has 1 aromatic heterocycles. The fraction of sp³-hybridized carbons (Fsp3) is 0.385. The molecule has 2 heteroatoms. The first-order valence-corrected chi connectivity index (χ1v) is 5.25. The third kappa shape index (κ3) is 2.38. The van der Waals surface area contributed by atoms with Crippen LogP contribution >= 0.6 is 0 Å². The van der Waals surface area contributed by atoms with Crippen molar-refractivity contribution >= 4 is 11.0 Å². The van der Waals surface area contributed by atoms with Gasteiger partial charge in [-0.15, -0.1) is 0 Å². The Labute approximate surface area is 88.9 Å². The molecule has 0 bridgehead atoms. The summed E-state index contributed by atoms with van der Waals surface area (Å²) < 4.78 is 18.4. The van der Waals surface area contributed by atoms with Crippen molar-refractivity contribution in [3.05, 3.63) is 35.8 Å². The third-order valence-electron chi connectivity index (χ3n) is 2.41. The monoisotopic (exact) mass is 205 g/mol. The summed E-state index contributed by atoms with van der Waals surface area (Å²) in [5.41, 5.74) is 0.591. The molecule has 2 rings (SSSR count). The molecule has 0 aliphatic carbocycles. The standard InChI is InChI=1S/C13H14FO/c1-9(2)3-6-12-7-10-4-5-11(14)8-13(10)15-12/h5,7-9H,3,6H2,1-2H3. The van der Waals surface area contributed by atoms with Crippen molar-refractivity contribution in [3.8, 4) is 0 Å². The molecule has 0 amide bonds. The van der Waals surface area contributed by atoms with Gasteiger partial charge in [-0.25, -0.2) is 4.39 Å². The number of fused-ring (bicyclic) bond motifs is 1. The number of rotatable bonds is 3. The molecule has 0 aliphatic rings. The predicted octanol–water partition coefficient (Wildman–Crippen LogP) is 3.96. The highest BCUT2D eigenvalue weighted by atomic mass is 19.1. The Morgan fingerprint density at radius 1 is 1.40 bits per heavy atom. The van der Waals surface area contributed by atoms with Crippen LogP contribution in [-0.4, -0.2) is 0 Å². The normalized spacial score (nSPS) is 11.5. The van der Waals surface area contributed by atoms with Crippen LogP contribution in [0.2, 0.25) is 0 Å².